The molecule has 0 aliphatic heterocycles. The Morgan fingerprint density at radius 1 is 1.38 bits per heavy atom. The van der Waals surface area contributed by atoms with E-state index in [4.69, 9.17) is 5.11 Å². The van der Waals surface area contributed by atoms with E-state index in [0.29, 0.717) is 16.7 Å². The Kier molecular flexibility index (Phi) is 1.59. The van der Waals surface area contributed by atoms with Gasteiger partial charge in [0.2, 0.25) is 0 Å². The van der Waals surface area contributed by atoms with Crippen molar-refractivity contribution in [1.29, 1.82) is 0 Å². The third-order valence-electron chi connectivity index (χ3n) is 1.57. The van der Waals surface area contributed by atoms with Crippen LogP contribution in [-0.2, 0) is 0 Å². The van der Waals surface area contributed by atoms with Crippen LogP contribution in [0.1, 0.15) is 0 Å². The summed E-state index contributed by atoms with van der Waals surface area (Å²) < 4.78 is 0. The molecule has 2 rings (SSSR count). The number of nitrogens with one attached hydrogen (secondary N) is 2. The Balaban J connectivity index is 2.42. The van der Waals surface area contributed by atoms with Gasteiger partial charge in [0.05, 0.1) is 0 Å². The fraction of sp³-hybridized carbons (Fsp3) is 0. The average molecular weight is 178 g/mol. The number of H-pyrrole nitrogens is 1. The molecular formula is C7H6N4O2. The molecule has 1 heterocycles. The maximum absolute atomic E-state index is 10.3. The Morgan fingerprint density at radius 3 is 2.92 bits per heavy atom. The lowest BCUT2D eigenvalue weighted by Gasteiger charge is -1.97. The van der Waals surface area contributed by atoms with Crippen molar-refractivity contribution in [1.82, 2.24) is 15.4 Å². The van der Waals surface area contributed by atoms with Gasteiger partial charge in [0, 0.05) is 5.69 Å². The first-order valence-electron chi connectivity index (χ1n) is 3.56. The number of aromatic amines is 1. The molecule has 0 aliphatic carbocycles. The summed E-state index contributed by atoms with van der Waals surface area (Å²) in [6.07, 6.45) is -1.09. The number of hydrogen-bond donors (Lipinski definition) is 3. The van der Waals surface area contributed by atoms with Crippen LogP contribution >= 0.6 is 0 Å². The normalized spacial score (nSPS) is 10.2. The van der Waals surface area contributed by atoms with Crippen LogP contribution in [0.15, 0.2) is 18.2 Å². The van der Waals surface area contributed by atoms with Crippen LogP contribution < -0.4 is 5.32 Å². The molecule has 6 heteroatoms. The third-order valence-corrected chi connectivity index (χ3v) is 1.57. The van der Waals surface area contributed by atoms with Crippen LogP contribution in [0.2, 0.25) is 0 Å². The molecule has 0 saturated heterocycles. The van der Waals surface area contributed by atoms with Crippen LogP contribution in [0.25, 0.3) is 11.0 Å². The van der Waals surface area contributed by atoms with Crippen molar-refractivity contribution in [3.63, 3.8) is 0 Å². The minimum Gasteiger partial charge on any atom is -0.465 e. The topological polar surface area (TPSA) is 90.9 Å². The summed E-state index contributed by atoms with van der Waals surface area (Å²) >= 11 is 0. The number of carboxylic acid groups (broad SMARTS) is 1. The molecule has 0 radical (unpaired) electrons. The second-order valence-electron chi connectivity index (χ2n) is 2.46. The molecule has 6 nitrogen and oxygen atoms in total. The van der Waals surface area contributed by atoms with Gasteiger partial charge in [-0.1, -0.05) is 0 Å². The second-order valence-corrected chi connectivity index (χ2v) is 2.46. The van der Waals surface area contributed by atoms with E-state index in [-0.39, 0.29) is 0 Å². The van der Waals surface area contributed by atoms with Crippen molar-refractivity contribution in [3.8, 4) is 0 Å². The van der Waals surface area contributed by atoms with Gasteiger partial charge in [0.15, 0.2) is 0 Å². The van der Waals surface area contributed by atoms with Gasteiger partial charge in [-0.25, -0.2) is 4.79 Å². The lowest BCUT2D eigenvalue weighted by Crippen LogP contribution is -2.06. The molecule has 0 aliphatic rings. The Morgan fingerprint density at radius 2 is 2.15 bits per heavy atom. The first-order valence-corrected chi connectivity index (χ1v) is 3.56. The number of anilines is 1. The predicted molar refractivity (Wildman–Crippen MR) is 45.5 cm³/mol. The number of hydrogen-bond acceptors (Lipinski definition) is 3. The van der Waals surface area contributed by atoms with E-state index in [2.05, 4.69) is 20.7 Å². The SMILES string of the molecule is O=C(O)Nc1ccc2n[nH]nc2c1. The first kappa shape index (κ1) is 7.53. The van der Waals surface area contributed by atoms with Gasteiger partial charge >= 0.3 is 6.09 Å². The monoisotopic (exact) mass is 178 g/mol. The quantitative estimate of drug-likeness (QED) is 0.608. The predicted octanol–water partition coefficient (Wildman–Crippen LogP) is 1.05. The summed E-state index contributed by atoms with van der Waals surface area (Å²) in [5.41, 5.74) is 1.82. The highest BCUT2D eigenvalue weighted by molar-refractivity contribution is 5.87. The highest BCUT2D eigenvalue weighted by Crippen LogP contribution is 2.14. The van der Waals surface area contributed by atoms with Crippen molar-refractivity contribution in [2.75, 3.05) is 5.32 Å². The zero-order valence-electron chi connectivity index (χ0n) is 6.48. The molecule has 66 valence electrons. The summed E-state index contributed by atoms with van der Waals surface area (Å²) in [5.74, 6) is 0. The lowest BCUT2D eigenvalue weighted by atomic mass is 10.3. The first-order chi connectivity index (χ1) is 6.25. The van der Waals surface area contributed by atoms with E-state index in [9.17, 15) is 4.79 Å². The second kappa shape index (κ2) is 2.74. The third kappa shape index (κ3) is 1.41. The standard InChI is InChI=1S/C7H6N4O2/c12-7(13)8-4-1-2-5-6(3-4)10-11-9-5/h1-3,8H,(H,12,13)(H,9,10,11). The van der Waals surface area contributed by atoms with Crippen LogP contribution in [-0.4, -0.2) is 26.6 Å². The molecule has 3 N–H and O–H groups in total. The largest absolute Gasteiger partial charge is 0.465 e. The van der Waals surface area contributed by atoms with Crippen LogP contribution in [0.4, 0.5) is 10.5 Å². The van der Waals surface area contributed by atoms with E-state index in [0.717, 1.165) is 0 Å². The molecule has 1 amide bonds. The molecule has 0 spiro atoms. The van der Waals surface area contributed by atoms with Gasteiger partial charge in [0.25, 0.3) is 0 Å². The van der Waals surface area contributed by atoms with E-state index >= 15 is 0 Å². The van der Waals surface area contributed by atoms with Gasteiger partial charge in [-0.15, -0.1) is 0 Å². The van der Waals surface area contributed by atoms with E-state index < -0.39 is 6.09 Å². The lowest BCUT2D eigenvalue weighted by molar-refractivity contribution is 0.210. The van der Waals surface area contributed by atoms with Gasteiger partial charge < -0.3 is 5.11 Å². The summed E-state index contributed by atoms with van der Waals surface area (Å²) in [7, 11) is 0. The van der Waals surface area contributed by atoms with Crippen molar-refractivity contribution >= 4 is 22.8 Å². The zero-order chi connectivity index (χ0) is 9.26. The number of amides is 1. The molecule has 1 aromatic heterocycles. The fourth-order valence-corrected chi connectivity index (χ4v) is 1.04. The zero-order valence-corrected chi connectivity index (χ0v) is 6.48. The van der Waals surface area contributed by atoms with Gasteiger partial charge in [-0.2, -0.15) is 15.4 Å². The Labute approximate surface area is 72.6 Å². The van der Waals surface area contributed by atoms with E-state index in [1.54, 1.807) is 18.2 Å². The molecule has 0 fully saturated rings. The number of rotatable bonds is 1. The van der Waals surface area contributed by atoms with Gasteiger partial charge in [-0.3, -0.25) is 5.32 Å². The fourth-order valence-electron chi connectivity index (χ4n) is 1.04. The van der Waals surface area contributed by atoms with Crippen molar-refractivity contribution in [3.05, 3.63) is 18.2 Å². The molecule has 0 unspecified atom stereocenters. The smallest absolute Gasteiger partial charge is 0.409 e. The number of nitrogens with zero attached hydrogens (tertiary/aromatic N) is 2. The maximum Gasteiger partial charge on any atom is 0.409 e. The number of aromatic nitrogens is 3. The molecule has 0 atom stereocenters. The maximum atomic E-state index is 10.3. The van der Waals surface area contributed by atoms with Crippen LogP contribution in [0.3, 0.4) is 0 Å². The summed E-state index contributed by atoms with van der Waals surface area (Å²) in [4.78, 5) is 10.3. The summed E-state index contributed by atoms with van der Waals surface area (Å²) in [6, 6.07) is 4.91. The van der Waals surface area contributed by atoms with E-state index in [1.165, 1.54) is 0 Å². The molecular weight excluding hydrogens is 172 g/mol. The van der Waals surface area contributed by atoms with Gasteiger partial charge in [-0.05, 0) is 18.2 Å². The Hall–Kier alpha value is -2.11. The minimum atomic E-state index is -1.09. The highest BCUT2D eigenvalue weighted by atomic mass is 16.4. The van der Waals surface area contributed by atoms with Crippen molar-refractivity contribution in [2.24, 2.45) is 0 Å². The summed E-state index contributed by atoms with van der Waals surface area (Å²) in [6.45, 7) is 0. The average Bonchev–Trinajstić information content (AvgIpc) is 2.49. The molecule has 1 aromatic carbocycles. The summed E-state index contributed by atoms with van der Waals surface area (Å²) in [5, 5.41) is 20.7. The minimum absolute atomic E-state index is 0.480. The molecule has 2 aromatic rings. The number of benzene rings is 1. The number of carbonyl (C=O) groups is 1. The molecule has 0 bridgehead atoms. The van der Waals surface area contributed by atoms with Crippen LogP contribution in [0.5, 0.6) is 0 Å². The van der Waals surface area contributed by atoms with E-state index in [1.807, 2.05) is 0 Å². The van der Waals surface area contributed by atoms with Crippen molar-refractivity contribution < 1.29 is 9.90 Å². The molecule has 0 saturated carbocycles. The van der Waals surface area contributed by atoms with Gasteiger partial charge in [0.1, 0.15) is 11.0 Å². The van der Waals surface area contributed by atoms with Crippen LogP contribution in [0, 0.1) is 0 Å². The number of fused-ring (bicyclic) bond motifs is 1. The highest BCUT2D eigenvalue weighted by Gasteiger charge is 2.01. The Bertz CT molecular complexity index is 450. The molecule has 13 heavy (non-hydrogen) atoms. The van der Waals surface area contributed by atoms with Crippen molar-refractivity contribution in [2.45, 2.75) is 0 Å².